The van der Waals surface area contributed by atoms with Gasteiger partial charge in [-0.3, -0.25) is 10.2 Å². The number of nitrogens with two attached hydrogens (primary N) is 1. The minimum atomic E-state index is -0.298. The molecule has 3 N–H and O–H groups in total. The molecule has 0 fully saturated rings. The Bertz CT molecular complexity index is 343. The summed E-state index contributed by atoms with van der Waals surface area (Å²) in [7, 11) is 1.72. The molecule has 0 unspecified atom stereocenters. The first-order valence-electron chi connectivity index (χ1n) is 4.60. The Morgan fingerprint density at radius 3 is 2.80 bits per heavy atom. The standard InChI is InChI=1S/C10H14FN3O/c1-14(7-6-10(15)13-12)9-5-3-2-4-8(9)11/h2-5H,6-7,12H2,1H3,(H,13,15). The zero-order chi connectivity index (χ0) is 11.3. The van der Waals surface area contributed by atoms with Crippen LogP contribution in [0, 0.1) is 5.82 Å². The van der Waals surface area contributed by atoms with E-state index in [2.05, 4.69) is 0 Å². The summed E-state index contributed by atoms with van der Waals surface area (Å²) in [5.74, 6) is 4.37. The van der Waals surface area contributed by atoms with E-state index < -0.39 is 0 Å². The van der Waals surface area contributed by atoms with Crippen molar-refractivity contribution in [3.63, 3.8) is 0 Å². The van der Waals surface area contributed by atoms with Gasteiger partial charge in [0.2, 0.25) is 5.91 Å². The molecular formula is C10H14FN3O. The summed E-state index contributed by atoms with van der Waals surface area (Å²) in [6.07, 6.45) is 0.237. The first-order chi connectivity index (χ1) is 7.15. The SMILES string of the molecule is CN(CCC(=O)NN)c1ccccc1F. The summed E-state index contributed by atoms with van der Waals surface area (Å²) >= 11 is 0. The van der Waals surface area contributed by atoms with Crippen LogP contribution in [0.5, 0.6) is 0 Å². The van der Waals surface area contributed by atoms with Gasteiger partial charge in [0.1, 0.15) is 5.82 Å². The smallest absolute Gasteiger partial charge is 0.235 e. The fourth-order valence-electron chi connectivity index (χ4n) is 1.22. The average Bonchev–Trinajstić information content (AvgIpc) is 2.26. The third kappa shape index (κ3) is 3.21. The Kier molecular flexibility index (Phi) is 4.05. The highest BCUT2D eigenvalue weighted by Crippen LogP contribution is 2.16. The van der Waals surface area contributed by atoms with Crippen LogP contribution in [0.2, 0.25) is 0 Å². The van der Waals surface area contributed by atoms with Gasteiger partial charge < -0.3 is 4.90 Å². The third-order valence-electron chi connectivity index (χ3n) is 2.10. The van der Waals surface area contributed by atoms with Crippen molar-refractivity contribution < 1.29 is 9.18 Å². The van der Waals surface area contributed by atoms with Crippen LogP contribution in [0.3, 0.4) is 0 Å². The number of benzene rings is 1. The number of nitrogens with zero attached hydrogens (tertiary/aromatic N) is 1. The molecule has 1 aromatic carbocycles. The minimum absolute atomic E-state index is 0.237. The van der Waals surface area contributed by atoms with E-state index in [1.54, 1.807) is 30.1 Å². The normalized spacial score (nSPS) is 9.80. The van der Waals surface area contributed by atoms with Crippen molar-refractivity contribution in [3.05, 3.63) is 30.1 Å². The van der Waals surface area contributed by atoms with E-state index in [4.69, 9.17) is 5.84 Å². The molecule has 0 heterocycles. The van der Waals surface area contributed by atoms with Gasteiger partial charge in [-0.1, -0.05) is 12.1 Å². The fourth-order valence-corrected chi connectivity index (χ4v) is 1.22. The van der Waals surface area contributed by atoms with Crippen LogP contribution < -0.4 is 16.2 Å². The molecule has 0 saturated carbocycles. The summed E-state index contributed by atoms with van der Waals surface area (Å²) in [5, 5.41) is 0. The summed E-state index contributed by atoms with van der Waals surface area (Å²) in [4.78, 5) is 12.5. The highest BCUT2D eigenvalue weighted by Gasteiger charge is 2.07. The number of carbonyl (C=O) groups is 1. The van der Waals surface area contributed by atoms with Crippen molar-refractivity contribution in [2.24, 2.45) is 5.84 Å². The number of hydrogen-bond donors (Lipinski definition) is 2. The summed E-state index contributed by atoms with van der Waals surface area (Å²) < 4.78 is 13.3. The van der Waals surface area contributed by atoms with E-state index in [1.165, 1.54) is 6.07 Å². The molecule has 0 saturated heterocycles. The second-order valence-corrected chi connectivity index (χ2v) is 3.19. The van der Waals surface area contributed by atoms with Gasteiger partial charge in [-0.2, -0.15) is 0 Å². The second-order valence-electron chi connectivity index (χ2n) is 3.19. The molecule has 1 amide bonds. The van der Waals surface area contributed by atoms with E-state index in [0.29, 0.717) is 12.2 Å². The number of anilines is 1. The van der Waals surface area contributed by atoms with Crippen molar-refractivity contribution in [1.29, 1.82) is 0 Å². The summed E-state index contributed by atoms with van der Waals surface area (Å²) in [6.45, 7) is 0.421. The lowest BCUT2D eigenvalue weighted by Crippen LogP contribution is -2.33. The molecule has 0 aliphatic rings. The molecule has 0 atom stereocenters. The molecule has 1 aromatic rings. The van der Waals surface area contributed by atoms with E-state index in [-0.39, 0.29) is 18.1 Å². The Hall–Kier alpha value is -1.62. The quantitative estimate of drug-likeness (QED) is 0.436. The Labute approximate surface area is 87.8 Å². The van der Waals surface area contributed by atoms with Gasteiger partial charge >= 0.3 is 0 Å². The lowest BCUT2D eigenvalue weighted by atomic mass is 10.2. The molecular weight excluding hydrogens is 197 g/mol. The monoisotopic (exact) mass is 211 g/mol. The summed E-state index contributed by atoms with van der Waals surface area (Å²) in [5.41, 5.74) is 2.50. The number of carbonyl (C=O) groups excluding carboxylic acids is 1. The van der Waals surface area contributed by atoms with Gasteiger partial charge in [-0.15, -0.1) is 0 Å². The van der Waals surface area contributed by atoms with Crippen molar-refractivity contribution >= 4 is 11.6 Å². The van der Waals surface area contributed by atoms with Gasteiger partial charge in [0.25, 0.3) is 0 Å². The molecule has 82 valence electrons. The van der Waals surface area contributed by atoms with Crippen LogP contribution in [0.4, 0.5) is 10.1 Å². The van der Waals surface area contributed by atoms with Gasteiger partial charge in [0.05, 0.1) is 5.69 Å². The first-order valence-corrected chi connectivity index (χ1v) is 4.60. The zero-order valence-corrected chi connectivity index (χ0v) is 8.53. The molecule has 0 aliphatic heterocycles. The van der Waals surface area contributed by atoms with E-state index in [0.717, 1.165) is 0 Å². The third-order valence-corrected chi connectivity index (χ3v) is 2.10. The Morgan fingerprint density at radius 2 is 2.20 bits per heavy atom. The minimum Gasteiger partial charge on any atom is -0.372 e. The molecule has 1 rings (SSSR count). The highest BCUT2D eigenvalue weighted by atomic mass is 19.1. The average molecular weight is 211 g/mol. The number of para-hydroxylation sites is 1. The number of halogens is 1. The van der Waals surface area contributed by atoms with Crippen molar-refractivity contribution in [1.82, 2.24) is 5.43 Å². The zero-order valence-electron chi connectivity index (χ0n) is 8.53. The molecule has 0 spiro atoms. The van der Waals surface area contributed by atoms with Crippen LogP contribution >= 0.6 is 0 Å². The van der Waals surface area contributed by atoms with Gasteiger partial charge in [0.15, 0.2) is 0 Å². The maximum atomic E-state index is 13.3. The Morgan fingerprint density at radius 1 is 1.53 bits per heavy atom. The number of rotatable bonds is 4. The second kappa shape index (κ2) is 5.31. The van der Waals surface area contributed by atoms with Crippen LogP contribution in [0.15, 0.2) is 24.3 Å². The van der Waals surface area contributed by atoms with Crippen LogP contribution in [-0.2, 0) is 4.79 Å². The van der Waals surface area contributed by atoms with Crippen LogP contribution in [-0.4, -0.2) is 19.5 Å². The number of hydrogen-bond acceptors (Lipinski definition) is 3. The number of nitrogens with one attached hydrogen (secondary N) is 1. The lowest BCUT2D eigenvalue weighted by Gasteiger charge is -2.19. The maximum Gasteiger partial charge on any atom is 0.235 e. The van der Waals surface area contributed by atoms with Crippen molar-refractivity contribution in [2.75, 3.05) is 18.5 Å². The molecule has 0 radical (unpaired) electrons. The first kappa shape index (κ1) is 11.5. The number of hydrazine groups is 1. The van der Waals surface area contributed by atoms with Crippen LogP contribution in [0.1, 0.15) is 6.42 Å². The lowest BCUT2D eigenvalue weighted by molar-refractivity contribution is -0.120. The van der Waals surface area contributed by atoms with Crippen LogP contribution in [0.25, 0.3) is 0 Å². The molecule has 0 aromatic heterocycles. The van der Waals surface area contributed by atoms with E-state index in [9.17, 15) is 9.18 Å². The summed E-state index contributed by atoms with van der Waals surface area (Å²) in [6, 6.07) is 6.42. The molecule has 4 nitrogen and oxygen atoms in total. The van der Waals surface area contributed by atoms with Crippen molar-refractivity contribution in [2.45, 2.75) is 6.42 Å². The number of amides is 1. The molecule has 15 heavy (non-hydrogen) atoms. The predicted molar refractivity (Wildman–Crippen MR) is 56.6 cm³/mol. The van der Waals surface area contributed by atoms with E-state index >= 15 is 0 Å². The molecule has 0 aliphatic carbocycles. The molecule has 5 heteroatoms. The predicted octanol–water partition coefficient (Wildman–Crippen LogP) is 0.642. The largest absolute Gasteiger partial charge is 0.372 e. The van der Waals surface area contributed by atoms with E-state index in [1.807, 2.05) is 5.43 Å². The van der Waals surface area contributed by atoms with Gasteiger partial charge in [0, 0.05) is 20.0 Å². The van der Waals surface area contributed by atoms with Gasteiger partial charge in [-0.25, -0.2) is 10.2 Å². The fraction of sp³-hybridized carbons (Fsp3) is 0.300. The highest BCUT2D eigenvalue weighted by molar-refractivity contribution is 5.75. The van der Waals surface area contributed by atoms with Crippen molar-refractivity contribution in [3.8, 4) is 0 Å². The topological polar surface area (TPSA) is 58.4 Å². The molecule has 0 bridgehead atoms. The maximum absolute atomic E-state index is 13.3. The van der Waals surface area contributed by atoms with Gasteiger partial charge in [-0.05, 0) is 12.1 Å². The Balaban J connectivity index is 2.57.